The summed E-state index contributed by atoms with van der Waals surface area (Å²) in [6.45, 7) is 2.52. The number of hydrogen-bond acceptors (Lipinski definition) is 5. The molecule has 1 fully saturated rings. The summed E-state index contributed by atoms with van der Waals surface area (Å²) in [5, 5.41) is 2.82. The van der Waals surface area contributed by atoms with Gasteiger partial charge in [-0.25, -0.2) is 0 Å². The van der Waals surface area contributed by atoms with Crippen molar-refractivity contribution in [3.8, 4) is 11.5 Å². The number of benzene rings is 1. The Balaban J connectivity index is 0.00000288. The summed E-state index contributed by atoms with van der Waals surface area (Å²) in [6.07, 6.45) is 0.179. The maximum absolute atomic E-state index is 12.3. The van der Waals surface area contributed by atoms with Crippen molar-refractivity contribution in [3.63, 3.8) is 0 Å². The average Bonchev–Trinajstić information content (AvgIpc) is 2.95. The number of ether oxygens (including phenoxy) is 2. The summed E-state index contributed by atoms with van der Waals surface area (Å²) in [4.78, 5) is 26.1. The molecule has 0 spiro atoms. The third-order valence-corrected chi connectivity index (χ3v) is 3.92. The highest BCUT2D eigenvalue weighted by Gasteiger charge is 2.36. The van der Waals surface area contributed by atoms with Crippen LogP contribution in [-0.2, 0) is 9.59 Å². The largest absolute Gasteiger partial charge is 0.497 e. The summed E-state index contributed by atoms with van der Waals surface area (Å²) in [7, 11) is 3.10. The van der Waals surface area contributed by atoms with Crippen molar-refractivity contribution in [3.05, 3.63) is 18.2 Å². The van der Waals surface area contributed by atoms with Gasteiger partial charge in [-0.2, -0.15) is 0 Å². The molecule has 3 N–H and O–H groups in total. The van der Waals surface area contributed by atoms with Crippen LogP contribution in [0.15, 0.2) is 18.2 Å². The molecule has 1 aliphatic rings. The third kappa shape index (κ3) is 4.30. The normalized spacial score (nSPS) is 17.9. The molecule has 8 heteroatoms. The molecule has 2 rings (SSSR count). The van der Waals surface area contributed by atoms with Gasteiger partial charge >= 0.3 is 0 Å². The number of nitrogens with one attached hydrogen (secondary N) is 1. The standard InChI is InChI=1S/C16H23N3O4.ClH/c1-10(8-17)18-16(21)11-6-15(20)19(9-11)13-5-4-12(22-2)7-14(13)23-3;/h4-5,7,10-11H,6,8-9,17H2,1-3H3,(H,18,21);1H/t10-,11?;/m0./s1. The number of halogens is 1. The van der Waals surface area contributed by atoms with E-state index in [-0.39, 0.29) is 42.6 Å². The predicted octanol–water partition coefficient (Wildman–Crippen LogP) is 0.942. The van der Waals surface area contributed by atoms with E-state index in [1.165, 1.54) is 7.11 Å². The third-order valence-electron chi connectivity index (χ3n) is 3.92. The van der Waals surface area contributed by atoms with Crippen molar-refractivity contribution in [1.82, 2.24) is 5.32 Å². The first-order valence-corrected chi connectivity index (χ1v) is 7.53. The number of anilines is 1. The molecule has 1 aromatic rings. The van der Waals surface area contributed by atoms with Gasteiger partial charge in [0.1, 0.15) is 11.5 Å². The van der Waals surface area contributed by atoms with Crippen LogP contribution < -0.4 is 25.4 Å². The molecule has 24 heavy (non-hydrogen) atoms. The van der Waals surface area contributed by atoms with Crippen LogP contribution in [0.5, 0.6) is 11.5 Å². The van der Waals surface area contributed by atoms with Crippen LogP contribution in [0.2, 0.25) is 0 Å². The topological polar surface area (TPSA) is 93.9 Å². The fraction of sp³-hybridized carbons (Fsp3) is 0.500. The Kier molecular flexibility index (Phi) is 7.31. The lowest BCUT2D eigenvalue weighted by Gasteiger charge is -2.20. The molecule has 0 bridgehead atoms. The predicted molar refractivity (Wildman–Crippen MR) is 93.9 cm³/mol. The molecule has 1 aromatic carbocycles. The second-order valence-corrected chi connectivity index (χ2v) is 5.59. The van der Waals surface area contributed by atoms with Gasteiger partial charge in [0.15, 0.2) is 0 Å². The van der Waals surface area contributed by atoms with E-state index >= 15 is 0 Å². The zero-order valence-corrected chi connectivity index (χ0v) is 14.9. The number of nitrogens with zero attached hydrogens (tertiary/aromatic N) is 1. The van der Waals surface area contributed by atoms with Crippen LogP contribution in [0.3, 0.4) is 0 Å². The Morgan fingerprint density at radius 1 is 1.42 bits per heavy atom. The van der Waals surface area contributed by atoms with Gasteiger partial charge in [-0.15, -0.1) is 12.4 Å². The first kappa shape index (κ1) is 20.1. The Hall–Kier alpha value is -1.99. The number of hydrogen-bond donors (Lipinski definition) is 2. The fourth-order valence-corrected chi connectivity index (χ4v) is 2.54. The molecule has 0 saturated carbocycles. The first-order chi connectivity index (χ1) is 11.0. The van der Waals surface area contributed by atoms with E-state index < -0.39 is 0 Å². The molecular formula is C16H24ClN3O4. The Morgan fingerprint density at radius 2 is 2.12 bits per heavy atom. The van der Waals surface area contributed by atoms with Gasteiger partial charge in [0.05, 0.1) is 25.8 Å². The minimum atomic E-state index is -0.386. The van der Waals surface area contributed by atoms with Crippen molar-refractivity contribution in [2.24, 2.45) is 11.7 Å². The van der Waals surface area contributed by atoms with Gasteiger partial charge in [0.2, 0.25) is 11.8 Å². The van der Waals surface area contributed by atoms with Crippen LogP contribution in [-0.4, -0.2) is 45.2 Å². The molecule has 2 amide bonds. The SMILES string of the molecule is COc1ccc(N2CC(C(=O)N[C@@H](C)CN)CC2=O)c(OC)c1.Cl. The molecule has 134 valence electrons. The van der Waals surface area contributed by atoms with Crippen LogP contribution >= 0.6 is 12.4 Å². The summed E-state index contributed by atoms with van der Waals surface area (Å²) in [5.74, 6) is 0.543. The molecule has 0 radical (unpaired) electrons. The highest BCUT2D eigenvalue weighted by Crippen LogP contribution is 2.35. The summed E-state index contributed by atoms with van der Waals surface area (Å²) in [6, 6.07) is 5.13. The minimum absolute atomic E-state index is 0. The first-order valence-electron chi connectivity index (χ1n) is 7.53. The molecule has 1 saturated heterocycles. The van der Waals surface area contributed by atoms with E-state index in [2.05, 4.69) is 5.32 Å². The smallest absolute Gasteiger partial charge is 0.227 e. The van der Waals surface area contributed by atoms with Gasteiger partial charge in [-0.3, -0.25) is 9.59 Å². The molecular weight excluding hydrogens is 334 g/mol. The van der Waals surface area contributed by atoms with Crippen LogP contribution in [0.25, 0.3) is 0 Å². The molecule has 0 aliphatic carbocycles. The number of rotatable bonds is 6. The average molecular weight is 358 g/mol. The van der Waals surface area contributed by atoms with Crippen LogP contribution in [0.4, 0.5) is 5.69 Å². The molecule has 0 aromatic heterocycles. The van der Waals surface area contributed by atoms with Gasteiger partial charge in [-0.1, -0.05) is 0 Å². The van der Waals surface area contributed by atoms with E-state index in [1.54, 1.807) is 30.2 Å². The minimum Gasteiger partial charge on any atom is -0.497 e. The second-order valence-electron chi connectivity index (χ2n) is 5.59. The highest BCUT2D eigenvalue weighted by molar-refractivity contribution is 6.01. The number of amides is 2. The van der Waals surface area contributed by atoms with Gasteiger partial charge < -0.3 is 25.4 Å². The van der Waals surface area contributed by atoms with Gasteiger partial charge in [-0.05, 0) is 19.1 Å². The van der Waals surface area contributed by atoms with E-state index in [1.807, 2.05) is 6.92 Å². The van der Waals surface area contributed by atoms with Crippen molar-refractivity contribution < 1.29 is 19.1 Å². The van der Waals surface area contributed by atoms with Crippen molar-refractivity contribution >= 4 is 29.9 Å². The van der Waals surface area contributed by atoms with Crippen molar-refractivity contribution in [2.45, 2.75) is 19.4 Å². The zero-order valence-electron chi connectivity index (χ0n) is 14.1. The lowest BCUT2D eigenvalue weighted by Crippen LogP contribution is -2.41. The maximum atomic E-state index is 12.3. The van der Waals surface area contributed by atoms with Gasteiger partial charge in [0.25, 0.3) is 0 Å². The maximum Gasteiger partial charge on any atom is 0.227 e. The zero-order chi connectivity index (χ0) is 17.0. The Bertz CT molecular complexity index is 597. The fourth-order valence-electron chi connectivity index (χ4n) is 2.54. The highest BCUT2D eigenvalue weighted by atomic mass is 35.5. The van der Waals surface area contributed by atoms with Crippen molar-refractivity contribution in [2.75, 3.05) is 32.2 Å². The number of methoxy groups -OCH3 is 2. The number of nitrogens with two attached hydrogens (primary N) is 1. The number of carbonyl (C=O) groups excluding carboxylic acids is 2. The molecule has 1 unspecified atom stereocenters. The lowest BCUT2D eigenvalue weighted by molar-refractivity contribution is -0.126. The van der Waals surface area contributed by atoms with Crippen LogP contribution in [0.1, 0.15) is 13.3 Å². The number of carbonyl (C=O) groups is 2. The van der Waals surface area contributed by atoms with E-state index in [0.29, 0.717) is 30.3 Å². The van der Waals surface area contributed by atoms with E-state index in [9.17, 15) is 9.59 Å². The molecule has 1 aliphatic heterocycles. The summed E-state index contributed by atoms with van der Waals surface area (Å²) >= 11 is 0. The molecule has 1 heterocycles. The quantitative estimate of drug-likeness (QED) is 0.790. The summed E-state index contributed by atoms with van der Waals surface area (Å²) in [5.41, 5.74) is 6.15. The summed E-state index contributed by atoms with van der Waals surface area (Å²) < 4.78 is 10.5. The van der Waals surface area contributed by atoms with Gasteiger partial charge in [0, 0.05) is 31.6 Å². The second kappa shape index (κ2) is 8.75. The molecule has 2 atom stereocenters. The van der Waals surface area contributed by atoms with E-state index in [4.69, 9.17) is 15.2 Å². The van der Waals surface area contributed by atoms with E-state index in [0.717, 1.165) is 0 Å². The van der Waals surface area contributed by atoms with Crippen LogP contribution in [0, 0.1) is 5.92 Å². The molecule has 7 nitrogen and oxygen atoms in total. The Morgan fingerprint density at radius 3 is 2.71 bits per heavy atom. The monoisotopic (exact) mass is 357 g/mol. The Labute approximate surface area is 147 Å². The van der Waals surface area contributed by atoms with Crippen molar-refractivity contribution in [1.29, 1.82) is 0 Å². The lowest BCUT2D eigenvalue weighted by atomic mass is 10.1.